The van der Waals surface area contributed by atoms with Gasteiger partial charge in [-0.2, -0.15) is 0 Å². The lowest BCUT2D eigenvalue weighted by molar-refractivity contribution is -0.140. The number of nitrogens with zero attached hydrogens (tertiary/aromatic N) is 2. The summed E-state index contributed by atoms with van der Waals surface area (Å²) in [6.45, 7) is 9.57. The quantitative estimate of drug-likeness (QED) is 0.0317. The molecule has 2 aliphatic rings. The molecule has 0 aromatic rings. The van der Waals surface area contributed by atoms with E-state index in [4.69, 9.17) is 0 Å². The molecule has 65 heavy (non-hydrogen) atoms. The van der Waals surface area contributed by atoms with E-state index in [0.29, 0.717) is 39.0 Å². The Hall–Kier alpha value is -2.36. The number of imide groups is 2. The van der Waals surface area contributed by atoms with Gasteiger partial charge in [0.2, 0.25) is 23.6 Å². The maximum absolute atomic E-state index is 12.9. The van der Waals surface area contributed by atoms with E-state index in [1.807, 2.05) is 12.2 Å². The van der Waals surface area contributed by atoms with Crippen molar-refractivity contribution in [2.24, 2.45) is 11.8 Å². The predicted molar refractivity (Wildman–Crippen MR) is 275 cm³/mol. The van der Waals surface area contributed by atoms with E-state index in [0.717, 1.165) is 51.9 Å². The predicted octanol–water partition coefficient (Wildman–Crippen LogP) is 12.9. The van der Waals surface area contributed by atoms with E-state index in [1.54, 1.807) is 0 Å². The largest absolute Gasteiger partial charge is 0.314 e. The number of hydrogen-bond donors (Lipinski definition) is 3. The van der Waals surface area contributed by atoms with Crippen molar-refractivity contribution in [2.45, 2.75) is 245 Å². The van der Waals surface area contributed by atoms with E-state index in [2.05, 4.69) is 41.9 Å². The molecule has 2 saturated heterocycles. The molecule has 4 amide bonds. The van der Waals surface area contributed by atoms with Gasteiger partial charge in [-0.05, 0) is 25.7 Å². The molecule has 0 spiro atoms. The Labute approximate surface area is 400 Å². The van der Waals surface area contributed by atoms with Crippen molar-refractivity contribution in [2.75, 3.05) is 52.4 Å². The lowest BCUT2D eigenvalue weighted by Crippen LogP contribution is -2.40. The van der Waals surface area contributed by atoms with Crippen LogP contribution in [0.1, 0.15) is 245 Å². The molecule has 2 heterocycles. The number of allylic oxidation sites excluding steroid dienone is 2. The normalized spacial score (nSPS) is 16.9. The monoisotopic (exact) mass is 910 g/mol. The first kappa shape index (κ1) is 58.8. The van der Waals surface area contributed by atoms with Crippen molar-refractivity contribution in [3.8, 4) is 0 Å². The van der Waals surface area contributed by atoms with Crippen LogP contribution in [0.15, 0.2) is 24.3 Å². The van der Waals surface area contributed by atoms with Gasteiger partial charge >= 0.3 is 0 Å². The summed E-state index contributed by atoms with van der Waals surface area (Å²) in [4.78, 5) is 53.7. The molecule has 9 nitrogen and oxygen atoms in total. The number of hydrogen-bond acceptors (Lipinski definition) is 7. The first-order valence-corrected chi connectivity index (χ1v) is 28.1. The van der Waals surface area contributed by atoms with E-state index in [-0.39, 0.29) is 35.5 Å². The fraction of sp³-hybridized carbons (Fsp3) is 0.857. The highest BCUT2D eigenvalue weighted by atomic mass is 16.2. The van der Waals surface area contributed by atoms with Gasteiger partial charge in [0.1, 0.15) is 0 Å². The molecule has 0 bridgehead atoms. The van der Waals surface area contributed by atoms with Crippen LogP contribution in [-0.2, 0) is 19.2 Å². The Morgan fingerprint density at radius 3 is 0.892 bits per heavy atom. The average Bonchev–Trinajstić information content (AvgIpc) is 3.73. The minimum atomic E-state index is -0.305. The third kappa shape index (κ3) is 31.3. The molecule has 9 heteroatoms. The molecule has 0 aromatic carbocycles. The maximum atomic E-state index is 12.9. The number of carbonyl (C=O) groups excluding carboxylic acids is 4. The van der Waals surface area contributed by atoms with Crippen LogP contribution in [0, 0.1) is 11.8 Å². The Bertz CT molecular complexity index is 1150. The number of likely N-dealkylation sites (tertiary alicyclic amines) is 2. The van der Waals surface area contributed by atoms with Crippen LogP contribution in [0.4, 0.5) is 0 Å². The number of unbranched alkanes of at least 4 members (excludes halogenated alkanes) is 32. The zero-order valence-corrected chi connectivity index (χ0v) is 42.6. The highest BCUT2D eigenvalue weighted by molar-refractivity contribution is 6.05. The van der Waals surface area contributed by atoms with Crippen LogP contribution in [-0.4, -0.2) is 85.8 Å². The van der Waals surface area contributed by atoms with Gasteiger partial charge in [-0.25, -0.2) is 0 Å². The summed E-state index contributed by atoms with van der Waals surface area (Å²) in [7, 11) is 0. The molecule has 0 aliphatic carbocycles. The highest BCUT2D eigenvalue weighted by Gasteiger charge is 2.37. The Morgan fingerprint density at radius 1 is 0.369 bits per heavy atom. The van der Waals surface area contributed by atoms with E-state index in [9.17, 15) is 19.2 Å². The van der Waals surface area contributed by atoms with Crippen molar-refractivity contribution >= 4 is 23.6 Å². The van der Waals surface area contributed by atoms with Gasteiger partial charge in [0.15, 0.2) is 0 Å². The first-order chi connectivity index (χ1) is 32.0. The molecule has 3 N–H and O–H groups in total. The fourth-order valence-electron chi connectivity index (χ4n) is 9.44. The summed E-state index contributed by atoms with van der Waals surface area (Å²) >= 11 is 0. The fourth-order valence-corrected chi connectivity index (χ4v) is 9.44. The third-order valence-electron chi connectivity index (χ3n) is 13.7. The maximum Gasteiger partial charge on any atom is 0.236 e. The first-order valence-electron chi connectivity index (χ1n) is 28.1. The third-order valence-corrected chi connectivity index (χ3v) is 13.7. The van der Waals surface area contributed by atoms with Crippen molar-refractivity contribution in [3.63, 3.8) is 0 Å². The van der Waals surface area contributed by atoms with Crippen LogP contribution in [0.25, 0.3) is 0 Å². The number of amides is 4. The summed E-state index contributed by atoms with van der Waals surface area (Å²) in [5.74, 6) is -0.864. The van der Waals surface area contributed by atoms with Crippen molar-refractivity contribution in [1.82, 2.24) is 25.8 Å². The van der Waals surface area contributed by atoms with E-state index < -0.39 is 0 Å². The number of carbonyl (C=O) groups is 4. The molecule has 0 radical (unpaired) electrons. The standard InChI is InChI=1S/C56H103N5O4/c1-3-5-7-9-11-13-15-17-19-21-23-25-27-29-31-33-35-37-39-51-49-53(62)60(55(51)64)47-45-58-43-41-57-42-44-59-46-48-61-54(63)50-52(56(61)65)40-38-36-34-32-30-28-26-24-22-20-18-16-14-12-10-8-6-4-2/h37-40,51-52,57-59H,3-36,41-50H2,1-2H3/b39-37+,40-38+. The van der Waals surface area contributed by atoms with Crippen molar-refractivity contribution in [3.05, 3.63) is 24.3 Å². The van der Waals surface area contributed by atoms with Crippen LogP contribution >= 0.6 is 0 Å². The van der Waals surface area contributed by atoms with Crippen molar-refractivity contribution in [1.29, 1.82) is 0 Å². The summed E-state index contributed by atoms with van der Waals surface area (Å²) in [5.41, 5.74) is 0. The van der Waals surface area contributed by atoms with Gasteiger partial charge in [-0.3, -0.25) is 29.0 Å². The smallest absolute Gasteiger partial charge is 0.236 e. The summed E-state index contributed by atoms with van der Waals surface area (Å²) in [5, 5.41) is 10.1. The molecule has 2 aliphatic heterocycles. The van der Waals surface area contributed by atoms with Gasteiger partial charge < -0.3 is 16.0 Å². The lowest BCUT2D eigenvalue weighted by atomic mass is 10.0. The second kappa shape index (κ2) is 43.0. The van der Waals surface area contributed by atoms with Crippen molar-refractivity contribution < 1.29 is 19.2 Å². The van der Waals surface area contributed by atoms with Crippen LogP contribution in [0.5, 0.6) is 0 Å². The SMILES string of the molecule is CCCCCCCCCCCCCCCCCC/C=C/C1CC(=O)N(CCNCCNCCNCCN2C(=O)CC(/C=C/CCCCCCCCCCCCCCCCCC)C2=O)C1=O. The highest BCUT2D eigenvalue weighted by Crippen LogP contribution is 2.23. The molecule has 2 atom stereocenters. The van der Waals surface area contributed by atoms with Gasteiger partial charge in [0.05, 0.1) is 11.8 Å². The zero-order chi connectivity index (χ0) is 46.7. The topological polar surface area (TPSA) is 111 Å². The molecule has 2 unspecified atom stereocenters. The van der Waals surface area contributed by atoms with Gasteiger partial charge in [0, 0.05) is 65.2 Å². The number of nitrogens with one attached hydrogen (secondary N) is 3. The van der Waals surface area contributed by atoms with Crippen LogP contribution in [0.2, 0.25) is 0 Å². The van der Waals surface area contributed by atoms with E-state index >= 15 is 0 Å². The molecular weight excluding hydrogens is 807 g/mol. The summed E-state index contributed by atoms with van der Waals surface area (Å²) in [6, 6.07) is 0. The van der Waals surface area contributed by atoms with E-state index in [1.165, 1.54) is 202 Å². The van der Waals surface area contributed by atoms with Gasteiger partial charge in [-0.1, -0.05) is 231 Å². The Kier molecular flexibility index (Phi) is 38.8. The molecule has 0 aromatic heterocycles. The van der Waals surface area contributed by atoms with Crippen LogP contribution in [0.3, 0.4) is 0 Å². The average molecular weight is 910 g/mol. The lowest BCUT2D eigenvalue weighted by Gasteiger charge is -2.15. The summed E-state index contributed by atoms with van der Waals surface area (Å²) < 4.78 is 0. The zero-order valence-electron chi connectivity index (χ0n) is 42.6. The minimum absolute atomic E-state index is 0.0609. The molecular formula is C56H103N5O4. The molecule has 2 fully saturated rings. The molecule has 2 rings (SSSR count). The van der Waals surface area contributed by atoms with Gasteiger partial charge in [-0.15, -0.1) is 0 Å². The number of rotatable bonds is 48. The Morgan fingerprint density at radius 2 is 0.615 bits per heavy atom. The second-order valence-electron chi connectivity index (χ2n) is 19.7. The minimum Gasteiger partial charge on any atom is -0.314 e. The molecule has 0 saturated carbocycles. The summed E-state index contributed by atoms with van der Waals surface area (Å²) in [6.07, 6.45) is 54.4. The van der Waals surface area contributed by atoms with Gasteiger partial charge in [0.25, 0.3) is 0 Å². The second-order valence-corrected chi connectivity index (χ2v) is 19.7. The van der Waals surface area contributed by atoms with Crippen LogP contribution < -0.4 is 16.0 Å². The molecule has 376 valence electrons. The Balaban J connectivity index is 1.35.